The van der Waals surface area contributed by atoms with E-state index >= 15 is 0 Å². The van der Waals surface area contributed by atoms with Gasteiger partial charge in [0.2, 0.25) is 5.91 Å². The number of carbonyl (C=O) groups excluding carboxylic acids is 1. The number of hydrogen-bond acceptors (Lipinski definition) is 4. The molecule has 7 heteroatoms. The first-order valence-electron chi connectivity index (χ1n) is 8.92. The number of nitrogens with one attached hydrogen (secondary N) is 1. The van der Waals surface area contributed by atoms with E-state index in [0.717, 1.165) is 5.56 Å². The van der Waals surface area contributed by atoms with Crippen molar-refractivity contribution in [1.29, 1.82) is 0 Å². The molecule has 1 fully saturated rings. The van der Waals surface area contributed by atoms with Crippen LogP contribution in [0.5, 0.6) is 0 Å². The Hall–Kier alpha value is -2.96. The van der Waals surface area contributed by atoms with Crippen molar-refractivity contribution in [2.24, 2.45) is 5.92 Å². The Morgan fingerprint density at radius 1 is 1.26 bits per heavy atom. The van der Waals surface area contributed by atoms with Gasteiger partial charge in [0.25, 0.3) is 0 Å². The van der Waals surface area contributed by atoms with Crippen molar-refractivity contribution in [3.63, 3.8) is 0 Å². The Morgan fingerprint density at radius 3 is 2.67 bits per heavy atom. The maximum atomic E-state index is 13.6. The second kappa shape index (κ2) is 8.16. The summed E-state index contributed by atoms with van der Waals surface area (Å²) >= 11 is 0. The Morgan fingerprint density at radius 2 is 2.00 bits per heavy atom. The van der Waals surface area contributed by atoms with Crippen LogP contribution in [0.2, 0.25) is 0 Å². The van der Waals surface area contributed by atoms with Gasteiger partial charge in [-0.25, -0.2) is 14.2 Å². The molecule has 2 aromatic rings. The minimum Gasteiger partial charge on any atom is -0.477 e. The summed E-state index contributed by atoms with van der Waals surface area (Å²) in [6.07, 6.45) is 1.32. The first kappa shape index (κ1) is 18.8. The molecule has 3 rings (SSSR count). The number of benzene rings is 1. The largest absolute Gasteiger partial charge is 0.477 e. The minimum atomic E-state index is -1.06. The van der Waals surface area contributed by atoms with Gasteiger partial charge >= 0.3 is 5.97 Å². The van der Waals surface area contributed by atoms with Crippen LogP contribution in [0.15, 0.2) is 36.4 Å². The summed E-state index contributed by atoms with van der Waals surface area (Å²) < 4.78 is 13.6. The number of piperidine rings is 1. The molecule has 1 saturated heterocycles. The summed E-state index contributed by atoms with van der Waals surface area (Å²) in [4.78, 5) is 29.6. The lowest BCUT2D eigenvalue weighted by molar-refractivity contribution is -0.125. The van der Waals surface area contributed by atoms with Crippen LogP contribution in [-0.4, -0.2) is 35.1 Å². The lowest BCUT2D eigenvalue weighted by Crippen LogP contribution is -2.40. The fourth-order valence-corrected chi connectivity index (χ4v) is 3.17. The average molecular weight is 371 g/mol. The highest BCUT2D eigenvalue weighted by Gasteiger charge is 2.25. The Bertz CT molecular complexity index is 848. The van der Waals surface area contributed by atoms with Crippen LogP contribution < -0.4 is 10.2 Å². The quantitative estimate of drug-likeness (QED) is 0.845. The molecule has 2 N–H and O–H groups in total. The smallest absolute Gasteiger partial charge is 0.354 e. The van der Waals surface area contributed by atoms with Crippen LogP contribution in [0, 0.1) is 18.7 Å². The van der Waals surface area contributed by atoms with E-state index in [1.165, 1.54) is 12.1 Å². The maximum absolute atomic E-state index is 13.6. The van der Waals surface area contributed by atoms with Gasteiger partial charge in [0.05, 0.1) is 0 Å². The number of nitrogens with zero attached hydrogens (tertiary/aromatic N) is 2. The lowest BCUT2D eigenvalue weighted by atomic mass is 9.95. The van der Waals surface area contributed by atoms with E-state index in [1.807, 2.05) is 11.0 Å². The van der Waals surface area contributed by atoms with Crippen molar-refractivity contribution in [2.45, 2.75) is 26.3 Å². The van der Waals surface area contributed by atoms with Crippen molar-refractivity contribution >= 4 is 17.7 Å². The molecule has 0 bridgehead atoms. The normalized spacial score (nSPS) is 14.8. The van der Waals surface area contributed by atoms with Gasteiger partial charge < -0.3 is 15.3 Å². The number of aromatic nitrogens is 1. The fraction of sp³-hybridized carbons (Fsp3) is 0.350. The molecule has 6 nitrogen and oxygen atoms in total. The molecule has 0 aliphatic carbocycles. The molecule has 1 amide bonds. The number of pyridine rings is 1. The minimum absolute atomic E-state index is 0.0118. The number of carboxylic acids is 1. The summed E-state index contributed by atoms with van der Waals surface area (Å²) in [5, 5.41) is 11.9. The van der Waals surface area contributed by atoms with E-state index in [9.17, 15) is 14.0 Å². The highest BCUT2D eigenvalue weighted by Crippen LogP contribution is 2.22. The maximum Gasteiger partial charge on any atom is 0.354 e. The first-order chi connectivity index (χ1) is 12.9. The van der Waals surface area contributed by atoms with Crippen LogP contribution in [0.25, 0.3) is 0 Å². The van der Waals surface area contributed by atoms with Crippen molar-refractivity contribution in [3.8, 4) is 0 Å². The molecule has 2 heterocycles. The van der Waals surface area contributed by atoms with Crippen LogP contribution in [-0.2, 0) is 11.3 Å². The van der Waals surface area contributed by atoms with Crippen molar-refractivity contribution in [2.75, 3.05) is 18.0 Å². The van der Waals surface area contributed by atoms with Gasteiger partial charge in [0.15, 0.2) is 5.69 Å². The Balaban J connectivity index is 1.52. The number of carbonyl (C=O) groups is 2. The Labute approximate surface area is 157 Å². The monoisotopic (exact) mass is 371 g/mol. The highest BCUT2D eigenvalue weighted by molar-refractivity contribution is 5.85. The van der Waals surface area contributed by atoms with Crippen LogP contribution >= 0.6 is 0 Å². The van der Waals surface area contributed by atoms with Crippen LogP contribution in [0.4, 0.5) is 10.2 Å². The molecule has 0 atom stereocenters. The van der Waals surface area contributed by atoms with E-state index in [4.69, 9.17) is 5.11 Å². The summed E-state index contributed by atoms with van der Waals surface area (Å²) in [5.74, 6) is -0.865. The summed E-state index contributed by atoms with van der Waals surface area (Å²) in [6.45, 7) is 3.27. The molecule has 0 saturated carbocycles. The number of carboxylic acid groups (broad SMARTS) is 1. The highest BCUT2D eigenvalue weighted by atomic mass is 19.1. The molecular formula is C20H22FN3O3. The summed E-state index contributed by atoms with van der Waals surface area (Å²) in [5.41, 5.74) is 1.33. The second-order valence-corrected chi connectivity index (χ2v) is 6.75. The SMILES string of the molecule is Cc1ccc(CNC(=O)C2CCN(c3cccc(C(=O)O)n3)CC2)cc1F. The van der Waals surface area contributed by atoms with Crippen molar-refractivity contribution in [1.82, 2.24) is 10.3 Å². The standard InChI is InChI=1S/C20H22FN3O3/c1-13-5-6-14(11-16(13)21)12-22-19(25)15-7-9-24(10-8-15)18-4-2-3-17(23-18)20(26)27/h2-6,11,15H,7-10,12H2,1H3,(H,22,25)(H,26,27). The third kappa shape index (κ3) is 4.61. The molecule has 27 heavy (non-hydrogen) atoms. The zero-order valence-electron chi connectivity index (χ0n) is 15.1. The molecule has 1 aliphatic heterocycles. The molecule has 1 aromatic heterocycles. The van der Waals surface area contributed by atoms with Gasteiger partial charge in [-0.15, -0.1) is 0 Å². The van der Waals surface area contributed by atoms with Crippen LogP contribution in [0.1, 0.15) is 34.5 Å². The topological polar surface area (TPSA) is 82.5 Å². The van der Waals surface area contributed by atoms with Crippen molar-refractivity contribution < 1.29 is 19.1 Å². The zero-order valence-corrected chi connectivity index (χ0v) is 15.1. The Kier molecular flexibility index (Phi) is 5.69. The van der Waals surface area contributed by atoms with E-state index in [0.29, 0.717) is 43.9 Å². The molecule has 1 aliphatic rings. The van der Waals surface area contributed by atoms with Gasteiger partial charge in [-0.1, -0.05) is 18.2 Å². The third-order valence-electron chi connectivity index (χ3n) is 4.85. The molecule has 0 unspecified atom stereocenters. The molecule has 0 spiro atoms. The molecular weight excluding hydrogens is 349 g/mol. The number of aromatic carboxylic acids is 1. The number of halogens is 1. The molecule has 1 aromatic carbocycles. The summed E-state index contributed by atoms with van der Waals surface area (Å²) in [6, 6.07) is 9.86. The van der Waals surface area contributed by atoms with E-state index < -0.39 is 5.97 Å². The number of hydrogen-bond donors (Lipinski definition) is 2. The van der Waals surface area contributed by atoms with Gasteiger partial charge in [0, 0.05) is 25.6 Å². The van der Waals surface area contributed by atoms with Crippen molar-refractivity contribution in [3.05, 3.63) is 59.0 Å². The third-order valence-corrected chi connectivity index (χ3v) is 4.85. The van der Waals surface area contributed by atoms with Gasteiger partial charge in [0.1, 0.15) is 11.6 Å². The average Bonchev–Trinajstić information content (AvgIpc) is 2.69. The molecule has 0 radical (unpaired) electrons. The van der Waals surface area contributed by atoms with Crippen LogP contribution in [0.3, 0.4) is 0 Å². The van der Waals surface area contributed by atoms with E-state index in [-0.39, 0.29) is 23.3 Å². The number of rotatable bonds is 5. The van der Waals surface area contributed by atoms with Gasteiger partial charge in [-0.3, -0.25) is 4.79 Å². The number of aryl methyl sites for hydroxylation is 1. The number of anilines is 1. The molecule has 142 valence electrons. The summed E-state index contributed by atoms with van der Waals surface area (Å²) in [7, 11) is 0. The van der Waals surface area contributed by atoms with Gasteiger partial charge in [-0.05, 0) is 49.1 Å². The van der Waals surface area contributed by atoms with E-state index in [2.05, 4.69) is 10.3 Å². The number of amides is 1. The predicted octanol–water partition coefficient (Wildman–Crippen LogP) is 2.76. The zero-order chi connectivity index (χ0) is 19.4. The predicted molar refractivity (Wildman–Crippen MR) is 99.1 cm³/mol. The first-order valence-corrected chi connectivity index (χ1v) is 8.92. The lowest BCUT2D eigenvalue weighted by Gasteiger charge is -2.32. The second-order valence-electron chi connectivity index (χ2n) is 6.75. The fourth-order valence-electron chi connectivity index (χ4n) is 3.17. The van der Waals surface area contributed by atoms with Gasteiger partial charge in [-0.2, -0.15) is 0 Å². The van der Waals surface area contributed by atoms with E-state index in [1.54, 1.807) is 25.1 Å².